The number of fused-ring (bicyclic) bond motifs is 1. The molecule has 0 aliphatic carbocycles. The Bertz CT molecular complexity index is 791. The van der Waals surface area contributed by atoms with Crippen LogP contribution in [0.5, 0.6) is 0 Å². The fourth-order valence-electron chi connectivity index (χ4n) is 2.29. The zero-order valence-corrected chi connectivity index (χ0v) is 16.5. The second kappa shape index (κ2) is 8.67. The molecule has 1 aromatic carbocycles. The van der Waals surface area contributed by atoms with Crippen molar-refractivity contribution in [3.8, 4) is 0 Å². The lowest BCUT2D eigenvalue weighted by Gasteiger charge is -2.16. The molecule has 0 fully saturated rings. The Hall–Kier alpha value is -1.34. The van der Waals surface area contributed by atoms with Crippen LogP contribution in [0.2, 0.25) is 0 Å². The minimum Gasteiger partial charge on any atom is -0.355 e. The van der Waals surface area contributed by atoms with Crippen LogP contribution < -0.4 is 10.9 Å². The summed E-state index contributed by atoms with van der Waals surface area (Å²) in [7, 11) is 0. The first-order valence-corrected chi connectivity index (χ1v) is 9.79. The molecular formula is C17H22BrN3O2S. The highest BCUT2D eigenvalue weighted by Crippen LogP contribution is 2.24. The number of amides is 1. The molecule has 1 aromatic heterocycles. The number of benzene rings is 1. The number of nitrogens with zero attached hydrogens (tertiary/aromatic N) is 2. The third kappa shape index (κ3) is 4.39. The molecule has 0 radical (unpaired) electrons. The minimum absolute atomic E-state index is 0.0324. The van der Waals surface area contributed by atoms with E-state index in [1.807, 2.05) is 32.9 Å². The highest BCUT2D eigenvalue weighted by molar-refractivity contribution is 9.10. The van der Waals surface area contributed by atoms with E-state index in [2.05, 4.69) is 26.2 Å². The van der Waals surface area contributed by atoms with Crippen LogP contribution in [0.1, 0.15) is 33.6 Å². The Labute approximate surface area is 154 Å². The maximum atomic E-state index is 12.8. The number of halogens is 1. The first kappa shape index (κ1) is 19.0. The summed E-state index contributed by atoms with van der Waals surface area (Å²) in [5.41, 5.74) is 0.589. The zero-order chi connectivity index (χ0) is 17.7. The van der Waals surface area contributed by atoms with Crippen LogP contribution in [-0.4, -0.2) is 27.3 Å². The third-order valence-electron chi connectivity index (χ3n) is 3.53. The zero-order valence-electron chi connectivity index (χ0n) is 14.1. The molecular weight excluding hydrogens is 390 g/mol. The summed E-state index contributed by atoms with van der Waals surface area (Å²) in [6.07, 6.45) is 1.72. The van der Waals surface area contributed by atoms with Crippen molar-refractivity contribution in [1.82, 2.24) is 14.9 Å². The summed E-state index contributed by atoms with van der Waals surface area (Å²) in [4.78, 5) is 29.5. The lowest BCUT2D eigenvalue weighted by molar-refractivity contribution is -0.120. The summed E-state index contributed by atoms with van der Waals surface area (Å²) in [6.45, 7) is 7.11. The molecule has 0 saturated heterocycles. The van der Waals surface area contributed by atoms with Crippen LogP contribution in [-0.2, 0) is 11.3 Å². The van der Waals surface area contributed by atoms with Crippen molar-refractivity contribution in [2.75, 3.05) is 6.54 Å². The van der Waals surface area contributed by atoms with E-state index < -0.39 is 0 Å². The Morgan fingerprint density at radius 1 is 1.38 bits per heavy atom. The van der Waals surface area contributed by atoms with Gasteiger partial charge in [0.05, 0.1) is 16.2 Å². The Balaban J connectivity index is 2.41. The van der Waals surface area contributed by atoms with E-state index in [0.717, 1.165) is 17.3 Å². The maximum Gasteiger partial charge on any atom is 0.262 e. The normalized spacial score (nSPS) is 12.3. The quantitative estimate of drug-likeness (QED) is 0.558. The van der Waals surface area contributed by atoms with Gasteiger partial charge in [-0.2, -0.15) is 0 Å². The number of hydrogen-bond acceptors (Lipinski definition) is 4. The summed E-state index contributed by atoms with van der Waals surface area (Å²) >= 11 is 4.73. The van der Waals surface area contributed by atoms with Crippen molar-refractivity contribution in [3.05, 3.63) is 33.0 Å². The van der Waals surface area contributed by atoms with Crippen LogP contribution in [0.3, 0.4) is 0 Å². The molecule has 0 spiro atoms. The van der Waals surface area contributed by atoms with Crippen LogP contribution in [0.15, 0.2) is 32.6 Å². The van der Waals surface area contributed by atoms with Crippen molar-refractivity contribution < 1.29 is 4.79 Å². The van der Waals surface area contributed by atoms with E-state index in [1.165, 1.54) is 11.8 Å². The number of nitrogens with one attached hydrogen (secondary N) is 1. The smallest absolute Gasteiger partial charge is 0.262 e. The number of rotatable bonds is 7. The number of hydrogen-bond donors (Lipinski definition) is 1. The van der Waals surface area contributed by atoms with Gasteiger partial charge in [0.15, 0.2) is 5.16 Å². The molecule has 1 N–H and O–H groups in total. The van der Waals surface area contributed by atoms with Crippen LogP contribution in [0.4, 0.5) is 0 Å². The average Bonchev–Trinajstić information content (AvgIpc) is 2.56. The van der Waals surface area contributed by atoms with E-state index >= 15 is 0 Å². The predicted molar refractivity (Wildman–Crippen MR) is 103 cm³/mol. The molecule has 0 aliphatic heterocycles. The molecule has 2 rings (SSSR count). The van der Waals surface area contributed by atoms with Gasteiger partial charge in [-0.3, -0.25) is 14.2 Å². The fourth-order valence-corrected chi connectivity index (χ4v) is 3.61. The first-order chi connectivity index (χ1) is 11.5. The average molecular weight is 412 g/mol. The summed E-state index contributed by atoms with van der Waals surface area (Å²) < 4.78 is 2.52. The van der Waals surface area contributed by atoms with Gasteiger partial charge in [0.2, 0.25) is 5.91 Å². The first-order valence-electron chi connectivity index (χ1n) is 8.12. The molecule has 7 heteroatoms. The van der Waals surface area contributed by atoms with E-state index in [4.69, 9.17) is 0 Å². The van der Waals surface area contributed by atoms with Gasteiger partial charge >= 0.3 is 0 Å². The number of carbonyl (C=O) groups excluding carboxylic acids is 1. The van der Waals surface area contributed by atoms with Gasteiger partial charge in [0.25, 0.3) is 5.56 Å². The maximum absolute atomic E-state index is 12.8. The fraction of sp³-hybridized carbons (Fsp3) is 0.471. The van der Waals surface area contributed by atoms with E-state index in [1.54, 1.807) is 10.6 Å². The second-order valence-electron chi connectivity index (χ2n) is 5.56. The van der Waals surface area contributed by atoms with E-state index in [9.17, 15) is 9.59 Å². The largest absolute Gasteiger partial charge is 0.355 e. The lowest BCUT2D eigenvalue weighted by atomic mass is 10.2. The van der Waals surface area contributed by atoms with Crippen molar-refractivity contribution in [2.45, 2.75) is 50.6 Å². The van der Waals surface area contributed by atoms with Crippen molar-refractivity contribution in [1.29, 1.82) is 0 Å². The standard InChI is InChI=1S/C17H22BrN3O2S/c1-4-8-19-15(22)11(3)24-17-20-14-7-6-12(18)10-13(14)16(23)21(17)9-5-2/h6-7,10-11H,4-5,8-9H2,1-3H3,(H,19,22)/t11-/m0/s1. The van der Waals surface area contributed by atoms with Gasteiger partial charge in [-0.25, -0.2) is 4.98 Å². The molecule has 1 amide bonds. The number of aromatic nitrogens is 2. The highest BCUT2D eigenvalue weighted by Gasteiger charge is 2.19. The molecule has 0 bridgehead atoms. The van der Waals surface area contributed by atoms with Crippen LogP contribution in [0.25, 0.3) is 10.9 Å². The summed E-state index contributed by atoms with van der Waals surface area (Å²) in [5, 5.41) is 3.76. The van der Waals surface area contributed by atoms with Crippen molar-refractivity contribution in [3.63, 3.8) is 0 Å². The van der Waals surface area contributed by atoms with Crippen molar-refractivity contribution >= 4 is 44.5 Å². The highest BCUT2D eigenvalue weighted by atomic mass is 79.9. The van der Waals surface area contributed by atoms with Crippen LogP contribution in [0, 0.1) is 0 Å². The molecule has 5 nitrogen and oxygen atoms in total. The van der Waals surface area contributed by atoms with Gasteiger partial charge in [-0.1, -0.05) is 41.5 Å². The summed E-state index contributed by atoms with van der Waals surface area (Å²) in [6, 6.07) is 5.48. The second-order valence-corrected chi connectivity index (χ2v) is 7.79. The Kier molecular flexibility index (Phi) is 6.86. The molecule has 130 valence electrons. The molecule has 2 aromatic rings. The lowest BCUT2D eigenvalue weighted by Crippen LogP contribution is -2.32. The molecule has 1 atom stereocenters. The van der Waals surface area contributed by atoms with Crippen LogP contribution >= 0.6 is 27.7 Å². The van der Waals surface area contributed by atoms with E-state index in [-0.39, 0.29) is 16.7 Å². The number of thioether (sulfide) groups is 1. The number of carbonyl (C=O) groups is 1. The van der Waals surface area contributed by atoms with Gasteiger partial charge < -0.3 is 5.32 Å². The van der Waals surface area contributed by atoms with Crippen molar-refractivity contribution in [2.24, 2.45) is 0 Å². The van der Waals surface area contributed by atoms with Gasteiger partial charge in [0, 0.05) is 17.6 Å². The minimum atomic E-state index is -0.306. The molecule has 0 saturated carbocycles. The molecule has 24 heavy (non-hydrogen) atoms. The van der Waals surface area contributed by atoms with E-state index in [0.29, 0.717) is 29.1 Å². The molecule has 1 heterocycles. The Morgan fingerprint density at radius 3 is 2.79 bits per heavy atom. The monoisotopic (exact) mass is 411 g/mol. The Morgan fingerprint density at radius 2 is 2.12 bits per heavy atom. The SMILES string of the molecule is CCCNC(=O)[C@H](C)Sc1nc2ccc(Br)cc2c(=O)n1CCC. The predicted octanol–water partition coefficient (Wildman–Crippen LogP) is 3.58. The summed E-state index contributed by atoms with van der Waals surface area (Å²) in [5.74, 6) is -0.0324. The topological polar surface area (TPSA) is 64.0 Å². The van der Waals surface area contributed by atoms with Gasteiger partial charge in [-0.05, 0) is 38.0 Å². The van der Waals surface area contributed by atoms with Gasteiger partial charge in [-0.15, -0.1) is 0 Å². The molecule has 0 unspecified atom stereocenters. The third-order valence-corrected chi connectivity index (χ3v) is 5.11. The molecule has 0 aliphatic rings. The van der Waals surface area contributed by atoms with Gasteiger partial charge in [0.1, 0.15) is 0 Å².